The Morgan fingerprint density at radius 1 is 0.550 bits per heavy atom. The second kappa shape index (κ2) is 3.67. The van der Waals surface area contributed by atoms with Crippen LogP contribution in [0, 0.1) is 0 Å². The van der Waals surface area contributed by atoms with Gasteiger partial charge < -0.3 is 0 Å². The van der Waals surface area contributed by atoms with Gasteiger partial charge in [0.2, 0.25) is 5.67 Å². The second-order valence-corrected chi connectivity index (χ2v) is 4.31. The van der Waals surface area contributed by atoms with Crippen molar-refractivity contribution in [2.45, 2.75) is 48.4 Å². The van der Waals surface area contributed by atoms with Crippen molar-refractivity contribution in [2.75, 3.05) is 0 Å². The van der Waals surface area contributed by atoms with E-state index in [0.717, 1.165) is 0 Å². The molecule has 0 heterocycles. The van der Waals surface area contributed by atoms with Crippen molar-refractivity contribution in [3.05, 3.63) is 0 Å². The topological polar surface area (TPSA) is 0 Å². The molecule has 0 bridgehead atoms. The lowest BCUT2D eigenvalue weighted by molar-refractivity contribution is -0.470. The van der Waals surface area contributed by atoms with Gasteiger partial charge in [0.05, 0.1) is 0 Å². The SMILES string of the molecule is CC1(F)C(F)(F)C(F)(F)C(F)(C(F)F)C(F)(F)C1(F)F. The van der Waals surface area contributed by atoms with E-state index in [-0.39, 0.29) is 0 Å². The molecule has 0 unspecified atom stereocenters. The maximum absolute atomic E-state index is 13.2. The molecule has 0 saturated heterocycles. The summed E-state index contributed by atoms with van der Waals surface area (Å²) in [6.45, 7) is -1.04. The molecule has 0 nitrogen and oxygen atoms in total. The van der Waals surface area contributed by atoms with E-state index < -0.39 is 48.4 Å². The molecule has 1 rings (SSSR count). The van der Waals surface area contributed by atoms with E-state index >= 15 is 0 Å². The summed E-state index contributed by atoms with van der Waals surface area (Å²) in [5.41, 5.74) is -12.9. The Morgan fingerprint density at radius 3 is 1.00 bits per heavy atom. The quantitative estimate of drug-likeness (QED) is 0.632. The molecule has 0 N–H and O–H groups in total. The minimum absolute atomic E-state index is 1.04. The normalized spacial score (nSPS) is 41.7. The fourth-order valence-corrected chi connectivity index (χ4v) is 1.71. The van der Waals surface area contributed by atoms with Crippen LogP contribution in [0.3, 0.4) is 0 Å². The molecule has 0 aromatic heterocycles. The van der Waals surface area contributed by atoms with Crippen molar-refractivity contribution in [3.8, 4) is 0 Å². The van der Waals surface area contributed by atoms with Crippen LogP contribution < -0.4 is 0 Å². The molecule has 1 aliphatic rings. The van der Waals surface area contributed by atoms with Gasteiger partial charge in [-0.05, 0) is 6.92 Å². The molecule has 0 atom stereocenters. The molecule has 0 amide bonds. The second-order valence-electron chi connectivity index (χ2n) is 4.31. The van der Waals surface area contributed by atoms with Crippen molar-refractivity contribution in [1.82, 2.24) is 0 Å². The zero-order valence-corrected chi connectivity index (χ0v) is 9.11. The van der Waals surface area contributed by atoms with Gasteiger partial charge in [0.1, 0.15) is 0 Å². The number of alkyl halides is 12. The van der Waals surface area contributed by atoms with E-state index in [0.29, 0.717) is 0 Å². The third kappa shape index (κ3) is 1.28. The van der Waals surface area contributed by atoms with E-state index in [1.54, 1.807) is 0 Å². The zero-order chi connectivity index (χ0) is 16.6. The van der Waals surface area contributed by atoms with Gasteiger partial charge in [-0.2, -0.15) is 35.1 Å². The van der Waals surface area contributed by atoms with Crippen LogP contribution in [0.2, 0.25) is 0 Å². The predicted molar refractivity (Wildman–Crippen MR) is 39.1 cm³/mol. The third-order valence-corrected chi connectivity index (χ3v) is 3.18. The van der Waals surface area contributed by atoms with Crippen molar-refractivity contribution in [3.63, 3.8) is 0 Å². The molecule has 1 saturated carbocycles. The molecule has 0 aromatic rings. The highest BCUT2D eigenvalue weighted by atomic mass is 19.4. The molecule has 12 heteroatoms. The van der Waals surface area contributed by atoms with Gasteiger partial charge in [0.15, 0.2) is 0 Å². The maximum Gasteiger partial charge on any atom is 0.358 e. The van der Waals surface area contributed by atoms with Crippen LogP contribution in [0.25, 0.3) is 0 Å². The highest BCUT2D eigenvalue weighted by Gasteiger charge is 3.00. The molecule has 0 aromatic carbocycles. The lowest BCUT2D eigenvalue weighted by Gasteiger charge is -2.53. The molecule has 0 radical (unpaired) electrons. The third-order valence-electron chi connectivity index (χ3n) is 3.18. The van der Waals surface area contributed by atoms with Crippen molar-refractivity contribution in [2.24, 2.45) is 0 Å². The first-order chi connectivity index (χ1) is 8.44. The summed E-state index contributed by atoms with van der Waals surface area (Å²) in [6, 6.07) is 0. The summed E-state index contributed by atoms with van der Waals surface area (Å²) in [5, 5.41) is 0. The average Bonchev–Trinajstić information content (AvgIpc) is 2.24. The standard InChI is InChI=1S/C8H4F12/c1-3(11)5(13,14)7(17,18)4(12,2(9)10)8(19,20)6(3,15)16/h2H,1H3. The maximum atomic E-state index is 13.2. The fourth-order valence-electron chi connectivity index (χ4n) is 1.71. The lowest BCUT2D eigenvalue weighted by Crippen LogP contribution is -2.85. The summed E-state index contributed by atoms with van der Waals surface area (Å²) < 4.78 is 154. The fraction of sp³-hybridized carbons (Fsp3) is 1.00. The van der Waals surface area contributed by atoms with Crippen LogP contribution in [0.1, 0.15) is 6.92 Å². The van der Waals surface area contributed by atoms with Gasteiger partial charge in [0, 0.05) is 0 Å². The van der Waals surface area contributed by atoms with E-state index in [4.69, 9.17) is 0 Å². The van der Waals surface area contributed by atoms with E-state index in [1.807, 2.05) is 0 Å². The van der Waals surface area contributed by atoms with E-state index in [1.165, 1.54) is 0 Å². The molecular formula is C8H4F12. The van der Waals surface area contributed by atoms with Crippen LogP contribution in [-0.2, 0) is 0 Å². The number of halogens is 12. The predicted octanol–water partition coefficient (Wildman–Crippen LogP) is 4.24. The lowest BCUT2D eigenvalue weighted by atomic mass is 9.67. The van der Waals surface area contributed by atoms with Gasteiger partial charge in [-0.15, -0.1) is 0 Å². The van der Waals surface area contributed by atoms with Crippen LogP contribution in [-0.4, -0.2) is 41.5 Å². The largest absolute Gasteiger partial charge is 0.358 e. The summed E-state index contributed by atoms with van der Waals surface area (Å²) >= 11 is 0. The van der Waals surface area contributed by atoms with Gasteiger partial charge in [-0.3, -0.25) is 0 Å². The summed E-state index contributed by atoms with van der Waals surface area (Å²) in [4.78, 5) is 0. The first-order valence-electron chi connectivity index (χ1n) is 4.61. The molecule has 1 aliphatic carbocycles. The molecule has 120 valence electrons. The Hall–Kier alpha value is -0.840. The Bertz CT molecular complexity index is 378. The monoisotopic (exact) mass is 328 g/mol. The van der Waals surface area contributed by atoms with E-state index in [9.17, 15) is 52.7 Å². The highest BCUT2D eigenvalue weighted by Crippen LogP contribution is 2.69. The molecule has 1 fully saturated rings. The Labute approximate surface area is 102 Å². The molecule has 20 heavy (non-hydrogen) atoms. The van der Waals surface area contributed by atoms with Gasteiger partial charge >= 0.3 is 29.4 Å². The van der Waals surface area contributed by atoms with Crippen molar-refractivity contribution in [1.29, 1.82) is 0 Å². The average molecular weight is 328 g/mol. The van der Waals surface area contributed by atoms with Gasteiger partial charge in [0.25, 0.3) is 6.43 Å². The van der Waals surface area contributed by atoms with E-state index in [2.05, 4.69) is 0 Å². The minimum atomic E-state index is -7.08. The van der Waals surface area contributed by atoms with Crippen LogP contribution in [0.15, 0.2) is 0 Å². The summed E-state index contributed by atoms with van der Waals surface area (Å²) in [5.74, 6) is -27.8. The van der Waals surface area contributed by atoms with Crippen LogP contribution >= 0.6 is 0 Å². The first kappa shape index (κ1) is 17.2. The molecule has 0 aliphatic heterocycles. The van der Waals surface area contributed by atoms with Crippen LogP contribution in [0.4, 0.5) is 52.7 Å². The Kier molecular flexibility index (Phi) is 3.16. The van der Waals surface area contributed by atoms with Gasteiger partial charge in [-0.1, -0.05) is 0 Å². The zero-order valence-electron chi connectivity index (χ0n) is 9.11. The van der Waals surface area contributed by atoms with Crippen LogP contribution in [0.5, 0.6) is 0 Å². The van der Waals surface area contributed by atoms with Crippen molar-refractivity contribution >= 4 is 0 Å². The smallest absolute Gasteiger partial charge is 0.230 e. The van der Waals surface area contributed by atoms with Gasteiger partial charge in [-0.25, -0.2) is 17.6 Å². The number of hydrogen-bond donors (Lipinski definition) is 0. The molecular weight excluding hydrogens is 324 g/mol. The Morgan fingerprint density at radius 2 is 0.800 bits per heavy atom. The van der Waals surface area contributed by atoms with Crippen molar-refractivity contribution < 1.29 is 52.7 Å². The molecule has 0 spiro atoms. The number of hydrogen-bond acceptors (Lipinski definition) is 0. The highest BCUT2D eigenvalue weighted by molar-refractivity contribution is 5.28. The summed E-state index contributed by atoms with van der Waals surface area (Å²) in [7, 11) is 0. The number of rotatable bonds is 1. The minimum Gasteiger partial charge on any atom is -0.230 e. The summed E-state index contributed by atoms with van der Waals surface area (Å²) in [6.07, 6.45) is -5.62. The first-order valence-corrected chi connectivity index (χ1v) is 4.61. The Balaban J connectivity index is 3.83.